The molecule has 0 N–H and O–H groups in total. The summed E-state index contributed by atoms with van der Waals surface area (Å²) in [6.45, 7) is 0.779. The molecule has 0 radical (unpaired) electrons. The Labute approximate surface area is 173 Å². The fourth-order valence-corrected chi connectivity index (χ4v) is 7.52. The standard InChI is InChI=1S/C22H27NO4S2/c24-28(25,17-18-6-2-1-3-7-18)21-10-12-22(13-11-21)29(26,27)23-15-14-19-8-4-5-9-20(19)16-23/h4-5,8-13,18H,1-3,6-7,14-17H2. The number of hydrogen-bond acceptors (Lipinski definition) is 4. The molecule has 2 aliphatic rings. The van der Waals surface area contributed by atoms with Crippen LogP contribution in [0.5, 0.6) is 0 Å². The average molecular weight is 434 g/mol. The summed E-state index contributed by atoms with van der Waals surface area (Å²) in [4.78, 5) is 0.361. The van der Waals surface area contributed by atoms with Crippen molar-refractivity contribution in [3.8, 4) is 0 Å². The second-order valence-corrected chi connectivity index (χ2v) is 12.1. The highest BCUT2D eigenvalue weighted by atomic mass is 32.2. The van der Waals surface area contributed by atoms with Gasteiger partial charge in [0, 0.05) is 13.1 Å². The smallest absolute Gasteiger partial charge is 0.224 e. The highest BCUT2D eigenvalue weighted by Gasteiger charge is 2.29. The number of fused-ring (bicyclic) bond motifs is 1. The van der Waals surface area contributed by atoms with Crippen molar-refractivity contribution < 1.29 is 16.8 Å². The summed E-state index contributed by atoms with van der Waals surface area (Å²) in [6.07, 6.45) is 5.98. The summed E-state index contributed by atoms with van der Waals surface area (Å²) in [5, 5.41) is 0. The van der Waals surface area contributed by atoms with Gasteiger partial charge in [-0.05, 0) is 60.6 Å². The van der Waals surface area contributed by atoms with Crippen LogP contribution in [0.2, 0.25) is 0 Å². The summed E-state index contributed by atoms with van der Waals surface area (Å²) < 4.78 is 53.1. The van der Waals surface area contributed by atoms with E-state index in [1.807, 2.05) is 24.3 Å². The van der Waals surface area contributed by atoms with Crippen LogP contribution >= 0.6 is 0 Å². The molecule has 2 aromatic rings. The maximum Gasteiger partial charge on any atom is 0.243 e. The first-order valence-corrected chi connectivity index (χ1v) is 13.4. The van der Waals surface area contributed by atoms with Crippen LogP contribution in [0.15, 0.2) is 58.3 Å². The lowest BCUT2D eigenvalue weighted by Gasteiger charge is -2.28. The van der Waals surface area contributed by atoms with Gasteiger partial charge in [-0.3, -0.25) is 0 Å². The average Bonchev–Trinajstić information content (AvgIpc) is 2.74. The molecule has 1 heterocycles. The maximum atomic E-state index is 13.1. The van der Waals surface area contributed by atoms with E-state index in [9.17, 15) is 16.8 Å². The molecule has 1 aliphatic carbocycles. The minimum absolute atomic E-state index is 0.147. The topological polar surface area (TPSA) is 71.5 Å². The van der Waals surface area contributed by atoms with Gasteiger partial charge in [-0.15, -0.1) is 0 Å². The van der Waals surface area contributed by atoms with Crippen molar-refractivity contribution in [1.29, 1.82) is 0 Å². The largest absolute Gasteiger partial charge is 0.243 e. The van der Waals surface area contributed by atoms with E-state index in [0.717, 1.165) is 31.2 Å². The van der Waals surface area contributed by atoms with Crippen molar-refractivity contribution in [3.63, 3.8) is 0 Å². The summed E-state index contributed by atoms with van der Waals surface area (Å²) in [5.41, 5.74) is 2.21. The van der Waals surface area contributed by atoms with Gasteiger partial charge < -0.3 is 0 Å². The third-order valence-corrected chi connectivity index (χ3v) is 9.86. The number of sulfonamides is 1. The van der Waals surface area contributed by atoms with E-state index in [1.54, 1.807) is 0 Å². The van der Waals surface area contributed by atoms with Gasteiger partial charge in [0.1, 0.15) is 0 Å². The van der Waals surface area contributed by atoms with Crippen LogP contribution in [0.4, 0.5) is 0 Å². The van der Waals surface area contributed by atoms with E-state index in [2.05, 4.69) is 0 Å². The Morgan fingerprint density at radius 2 is 1.41 bits per heavy atom. The third-order valence-electron chi connectivity index (χ3n) is 6.10. The molecule has 7 heteroatoms. The number of hydrogen-bond donors (Lipinski definition) is 0. The molecular formula is C22H27NO4S2. The molecule has 1 aliphatic heterocycles. The predicted molar refractivity (Wildman–Crippen MR) is 113 cm³/mol. The maximum absolute atomic E-state index is 13.1. The Kier molecular flexibility index (Phi) is 5.82. The molecule has 4 rings (SSSR count). The lowest BCUT2D eigenvalue weighted by molar-refractivity contribution is 0.385. The normalized spacial score (nSPS) is 19.0. The molecule has 5 nitrogen and oxygen atoms in total. The van der Waals surface area contributed by atoms with Crippen LogP contribution in [0, 0.1) is 5.92 Å². The molecule has 0 bridgehead atoms. The van der Waals surface area contributed by atoms with Gasteiger partial charge in [0.25, 0.3) is 0 Å². The Balaban J connectivity index is 1.51. The van der Waals surface area contributed by atoms with E-state index >= 15 is 0 Å². The monoisotopic (exact) mass is 433 g/mol. The number of nitrogens with zero attached hydrogens (tertiary/aromatic N) is 1. The Morgan fingerprint density at radius 1 is 0.793 bits per heavy atom. The zero-order chi connectivity index (χ0) is 20.5. The van der Waals surface area contributed by atoms with Crippen LogP contribution in [0.3, 0.4) is 0 Å². The summed E-state index contributed by atoms with van der Waals surface area (Å²) in [6, 6.07) is 13.6. The first-order chi connectivity index (χ1) is 13.9. The van der Waals surface area contributed by atoms with Crippen LogP contribution in [-0.2, 0) is 32.8 Å². The van der Waals surface area contributed by atoms with Gasteiger partial charge in [-0.2, -0.15) is 4.31 Å². The molecule has 156 valence electrons. The Morgan fingerprint density at radius 3 is 2.10 bits per heavy atom. The third kappa shape index (κ3) is 4.42. The van der Waals surface area contributed by atoms with Crippen molar-refractivity contribution in [2.45, 2.75) is 54.9 Å². The van der Waals surface area contributed by atoms with Crippen LogP contribution in [-0.4, -0.2) is 33.4 Å². The highest BCUT2D eigenvalue weighted by Crippen LogP contribution is 2.29. The van der Waals surface area contributed by atoms with Gasteiger partial charge in [-0.25, -0.2) is 16.8 Å². The summed E-state index contributed by atoms with van der Waals surface area (Å²) >= 11 is 0. The zero-order valence-corrected chi connectivity index (χ0v) is 18.1. The first kappa shape index (κ1) is 20.6. The highest BCUT2D eigenvalue weighted by molar-refractivity contribution is 7.91. The van der Waals surface area contributed by atoms with E-state index < -0.39 is 19.9 Å². The van der Waals surface area contributed by atoms with Gasteiger partial charge in [0.05, 0.1) is 15.5 Å². The van der Waals surface area contributed by atoms with Crippen molar-refractivity contribution in [3.05, 3.63) is 59.7 Å². The SMILES string of the molecule is O=S(=O)(CC1CCCCC1)c1ccc(S(=O)(=O)N2CCc3ccccc3C2)cc1. The Hall–Kier alpha value is -1.70. The summed E-state index contributed by atoms with van der Waals surface area (Å²) in [7, 11) is -7.05. The van der Waals surface area contributed by atoms with Crippen molar-refractivity contribution in [1.82, 2.24) is 4.31 Å². The molecule has 1 fully saturated rings. The number of rotatable bonds is 5. The van der Waals surface area contributed by atoms with Gasteiger partial charge in [0.15, 0.2) is 9.84 Å². The van der Waals surface area contributed by atoms with E-state index in [1.165, 1.54) is 40.6 Å². The number of benzene rings is 2. The quantitative estimate of drug-likeness (QED) is 0.719. The van der Waals surface area contributed by atoms with Crippen molar-refractivity contribution >= 4 is 19.9 Å². The second kappa shape index (κ2) is 8.20. The molecule has 1 saturated carbocycles. The van der Waals surface area contributed by atoms with E-state index in [0.29, 0.717) is 19.5 Å². The Bertz CT molecular complexity index is 1070. The van der Waals surface area contributed by atoms with E-state index in [4.69, 9.17) is 0 Å². The van der Waals surface area contributed by atoms with Gasteiger partial charge in [0.2, 0.25) is 10.0 Å². The molecule has 0 atom stereocenters. The molecule has 0 unspecified atom stereocenters. The fraction of sp³-hybridized carbons (Fsp3) is 0.455. The molecular weight excluding hydrogens is 406 g/mol. The minimum Gasteiger partial charge on any atom is -0.224 e. The van der Waals surface area contributed by atoms with E-state index in [-0.39, 0.29) is 21.5 Å². The summed E-state index contributed by atoms with van der Waals surface area (Å²) in [5.74, 6) is 0.368. The van der Waals surface area contributed by atoms with Crippen molar-refractivity contribution in [2.24, 2.45) is 5.92 Å². The van der Waals surface area contributed by atoms with Crippen LogP contribution < -0.4 is 0 Å². The zero-order valence-electron chi connectivity index (χ0n) is 16.5. The molecule has 29 heavy (non-hydrogen) atoms. The molecule has 0 saturated heterocycles. The predicted octanol–water partition coefficient (Wildman–Crippen LogP) is 3.79. The molecule has 0 aromatic heterocycles. The fourth-order valence-electron chi connectivity index (χ4n) is 4.40. The van der Waals surface area contributed by atoms with Crippen LogP contribution in [0.25, 0.3) is 0 Å². The lowest BCUT2D eigenvalue weighted by Crippen LogP contribution is -2.35. The van der Waals surface area contributed by atoms with Gasteiger partial charge in [-0.1, -0.05) is 43.5 Å². The number of sulfone groups is 1. The second-order valence-electron chi connectivity index (χ2n) is 8.11. The first-order valence-electron chi connectivity index (χ1n) is 10.3. The molecule has 2 aromatic carbocycles. The lowest BCUT2D eigenvalue weighted by atomic mass is 9.91. The van der Waals surface area contributed by atoms with Crippen molar-refractivity contribution in [2.75, 3.05) is 12.3 Å². The molecule has 0 amide bonds. The minimum atomic E-state index is -3.66. The van der Waals surface area contributed by atoms with Gasteiger partial charge >= 0.3 is 0 Å². The molecule has 0 spiro atoms. The van der Waals surface area contributed by atoms with Crippen LogP contribution in [0.1, 0.15) is 43.2 Å².